The lowest BCUT2D eigenvalue weighted by Crippen LogP contribution is -2.02. The molecule has 0 N–H and O–H groups in total. The van der Waals surface area contributed by atoms with Gasteiger partial charge in [0.25, 0.3) is 5.69 Å². The van der Waals surface area contributed by atoms with E-state index in [9.17, 15) is 14.9 Å². The maximum absolute atomic E-state index is 11.1. The van der Waals surface area contributed by atoms with Crippen molar-refractivity contribution in [1.29, 1.82) is 5.26 Å². The first-order chi connectivity index (χ1) is 8.08. The van der Waals surface area contributed by atoms with Crippen LogP contribution < -0.4 is 0 Å². The molecule has 0 aliphatic heterocycles. The molecule has 0 aromatic heterocycles. The van der Waals surface area contributed by atoms with E-state index in [2.05, 4.69) is 4.74 Å². The quantitative estimate of drug-likeness (QED) is 0.260. The fourth-order valence-electron chi connectivity index (χ4n) is 1.11. The summed E-state index contributed by atoms with van der Waals surface area (Å²) in [6, 6.07) is 7.16. The van der Waals surface area contributed by atoms with Crippen LogP contribution in [0.25, 0.3) is 6.08 Å². The molecule has 6 heteroatoms. The number of methoxy groups -OCH3 is 1. The van der Waals surface area contributed by atoms with Crippen LogP contribution in [0.1, 0.15) is 5.56 Å². The van der Waals surface area contributed by atoms with Crippen LogP contribution in [-0.4, -0.2) is 18.0 Å². The van der Waals surface area contributed by atoms with Crippen molar-refractivity contribution < 1.29 is 14.5 Å². The lowest BCUT2D eigenvalue weighted by molar-refractivity contribution is -0.384. The van der Waals surface area contributed by atoms with E-state index in [0.717, 1.165) is 0 Å². The van der Waals surface area contributed by atoms with E-state index in [0.29, 0.717) is 5.56 Å². The third-order valence-corrected chi connectivity index (χ3v) is 1.94. The predicted octanol–water partition coefficient (Wildman–Crippen LogP) is 1.67. The van der Waals surface area contributed by atoms with Crippen LogP contribution in [0.5, 0.6) is 0 Å². The van der Waals surface area contributed by atoms with Crippen LogP contribution in [0.3, 0.4) is 0 Å². The topological polar surface area (TPSA) is 93.2 Å². The predicted molar refractivity (Wildman–Crippen MR) is 58.7 cm³/mol. The second kappa shape index (κ2) is 5.42. The summed E-state index contributed by atoms with van der Waals surface area (Å²) in [4.78, 5) is 21.0. The summed E-state index contributed by atoms with van der Waals surface area (Å²) < 4.78 is 4.40. The summed E-state index contributed by atoms with van der Waals surface area (Å²) in [6.45, 7) is 0. The first-order valence-electron chi connectivity index (χ1n) is 4.53. The molecule has 0 heterocycles. The molecule has 1 rings (SSSR count). The van der Waals surface area contributed by atoms with Crippen molar-refractivity contribution in [2.75, 3.05) is 7.11 Å². The van der Waals surface area contributed by atoms with E-state index in [1.807, 2.05) is 0 Å². The van der Waals surface area contributed by atoms with Gasteiger partial charge >= 0.3 is 5.97 Å². The van der Waals surface area contributed by atoms with Gasteiger partial charge in [-0.3, -0.25) is 10.1 Å². The van der Waals surface area contributed by atoms with Crippen molar-refractivity contribution in [3.8, 4) is 6.07 Å². The lowest BCUT2D eigenvalue weighted by atomic mass is 10.1. The molecule has 1 aromatic carbocycles. The van der Waals surface area contributed by atoms with Gasteiger partial charge in [-0.25, -0.2) is 4.79 Å². The van der Waals surface area contributed by atoms with Gasteiger partial charge in [0, 0.05) is 12.1 Å². The normalized spacial score (nSPS) is 10.5. The summed E-state index contributed by atoms with van der Waals surface area (Å²) in [5.74, 6) is -0.745. The number of non-ortho nitro benzene ring substituents is 1. The van der Waals surface area contributed by atoms with Gasteiger partial charge in [0.1, 0.15) is 11.6 Å². The van der Waals surface area contributed by atoms with Crippen LogP contribution in [0.4, 0.5) is 5.69 Å². The molecule has 0 fully saturated rings. The summed E-state index contributed by atoms with van der Waals surface area (Å²) in [7, 11) is 1.17. The molecule has 0 aliphatic rings. The molecular weight excluding hydrogens is 224 g/mol. The summed E-state index contributed by atoms with van der Waals surface area (Å²) >= 11 is 0. The number of hydrogen-bond donors (Lipinski definition) is 0. The Balaban J connectivity index is 3.02. The van der Waals surface area contributed by atoms with Gasteiger partial charge in [-0.2, -0.15) is 5.26 Å². The fraction of sp³-hybridized carbons (Fsp3) is 0.0909. The number of ether oxygens (including phenoxy) is 1. The first-order valence-corrected chi connectivity index (χ1v) is 4.53. The Labute approximate surface area is 96.9 Å². The highest BCUT2D eigenvalue weighted by Gasteiger charge is 2.09. The maximum Gasteiger partial charge on any atom is 0.348 e. The molecule has 0 unspecified atom stereocenters. The number of nitro groups is 1. The van der Waals surface area contributed by atoms with Crippen molar-refractivity contribution in [3.63, 3.8) is 0 Å². The zero-order valence-corrected chi connectivity index (χ0v) is 8.91. The molecule has 0 bridgehead atoms. The molecule has 0 saturated heterocycles. The number of carbonyl (C=O) groups is 1. The minimum Gasteiger partial charge on any atom is -0.465 e. The van der Waals surface area contributed by atoms with Gasteiger partial charge in [-0.05, 0) is 23.8 Å². The second-order valence-electron chi connectivity index (χ2n) is 3.01. The zero-order valence-electron chi connectivity index (χ0n) is 8.91. The monoisotopic (exact) mass is 232 g/mol. The third kappa shape index (κ3) is 3.14. The highest BCUT2D eigenvalue weighted by atomic mass is 16.6. The Hall–Kier alpha value is -2.68. The number of nitrogens with zero attached hydrogens (tertiary/aromatic N) is 2. The van der Waals surface area contributed by atoms with Gasteiger partial charge < -0.3 is 4.74 Å². The lowest BCUT2D eigenvalue weighted by Gasteiger charge is -1.97. The minimum atomic E-state index is -0.745. The van der Waals surface area contributed by atoms with Crippen molar-refractivity contribution >= 4 is 17.7 Å². The third-order valence-electron chi connectivity index (χ3n) is 1.94. The molecule has 0 spiro atoms. The summed E-state index contributed by atoms with van der Waals surface area (Å²) in [6.07, 6.45) is 1.30. The maximum atomic E-state index is 11.1. The minimum absolute atomic E-state index is 0.0567. The fourth-order valence-corrected chi connectivity index (χ4v) is 1.11. The van der Waals surface area contributed by atoms with E-state index in [-0.39, 0.29) is 11.3 Å². The smallest absolute Gasteiger partial charge is 0.348 e. The Morgan fingerprint density at radius 2 is 2.06 bits per heavy atom. The van der Waals surface area contributed by atoms with E-state index in [1.54, 1.807) is 6.07 Å². The average molecular weight is 232 g/mol. The number of hydrogen-bond acceptors (Lipinski definition) is 5. The number of nitro benzene ring substituents is 1. The molecule has 86 valence electrons. The van der Waals surface area contributed by atoms with Crippen molar-refractivity contribution in [3.05, 3.63) is 45.5 Å². The zero-order chi connectivity index (χ0) is 12.8. The van der Waals surface area contributed by atoms with Crippen LogP contribution in [0.2, 0.25) is 0 Å². The molecule has 17 heavy (non-hydrogen) atoms. The van der Waals surface area contributed by atoms with Crippen molar-refractivity contribution in [1.82, 2.24) is 0 Å². The van der Waals surface area contributed by atoms with E-state index in [1.165, 1.54) is 37.5 Å². The molecule has 1 aromatic rings. The van der Waals surface area contributed by atoms with Crippen molar-refractivity contribution in [2.24, 2.45) is 0 Å². The average Bonchev–Trinajstić information content (AvgIpc) is 2.35. The number of rotatable bonds is 3. The molecule has 0 amide bonds. The Morgan fingerprint density at radius 1 is 1.47 bits per heavy atom. The first kappa shape index (κ1) is 12.4. The number of nitriles is 1. The SMILES string of the molecule is COC(=O)C(C#N)=Cc1ccc([N+](=O)[O-])cc1. The van der Waals surface area contributed by atoms with Gasteiger partial charge in [-0.15, -0.1) is 0 Å². The second-order valence-corrected chi connectivity index (χ2v) is 3.01. The molecular formula is C11H8N2O4. The summed E-state index contributed by atoms with van der Waals surface area (Å²) in [5.41, 5.74) is 0.289. The summed E-state index contributed by atoms with van der Waals surface area (Å²) in [5, 5.41) is 19.1. The molecule has 0 saturated carbocycles. The number of benzene rings is 1. The Bertz CT molecular complexity index is 511. The molecule has 0 aliphatic carbocycles. The number of esters is 1. The number of carbonyl (C=O) groups excluding carboxylic acids is 1. The van der Waals surface area contributed by atoms with Crippen LogP contribution in [-0.2, 0) is 9.53 Å². The van der Waals surface area contributed by atoms with Gasteiger partial charge in [-0.1, -0.05) is 0 Å². The highest BCUT2D eigenvalue weighted by molar-refractivity contribution is 5.97. The molecule has 0 atom stereocenters. The van der Waals surface area contributed by atoms with E-state index >= 15 is 0 Å². The van der Waals surface area contributed by atoms with Gasteiger partial charge in [0.05, 0.1) is 12.0 Å². The van der Waals surface area contributed by atoms with E-state index < -0.39 is 10.9 Å². The van der Waals surface area contributed by atoms with Gasteiger partial charge in [0.2, 0.25) is 0 Å². The Kier molecular flexibility index (Phi) is 3.95. The Morgan fingerprint density at radius 3 is 2.47 bits per heavy atom. The molecule has 0 radical (unpaired) electrons. The highest BCUT2D eigenvalue weighted by Crippen LogP contribution is 2.14. The van der Waals surface area contributed by atoms with Crippen molar-refractivity contribution in [2.45, 2.75) is 0 Å². The van der Waals surface area contributed by atoms with Gasteiger partial charge in [0.15, 0.2) is 0 Å². The molecule has 6 nitrogen and oxygen atoms in total. The van der Waals surface area contributed by atoms with Crippen LogP contribution in [0.15, 0.2) is 29.8 Å². The van der Waals surface area contributed by atoms with Crippen LogP contribution >= 0.6 is 0 Å². The van der Waals surface area contributed by atoms with Crippen LogP contribution in [0, 0.1) is 21.4 Å². The standard InChI is InChI=1S/C11H8N2O4/c1-17-11(14)9(7-12)6-8-2-4-10(5-3-8)13(15)16/h2-6H,1H3. The van der Waals surface area contributed by atoms with E-state index in [4.69, 9.17) is 5.26 Å². The largest absolute Gasteiger partial charge is 0.465 e.